The van der Waals surface area contributed by atoms with Crippen LogP contribution in [0.3, 0.4) is 0 Å². The molecular weight excluding hydrogens is 321 g/mol. The van der Waals surface area contributed by atoms with E-state index >= 15 is 0 Å². The summed E-state index contributed by atoms with van der Waals surface area (Å²) >= 11 is 4.53. The molecule has 0 bridgehead atoms. The molecule has 2 N–H and O–H groups in total. The van der Waals surface area contributed by atoms with Crippen molar-refractivity contribution in [2.75, 3.05) is 12.3 Å². The van der Waals surface area contributed by atoms with E-state index in [2.05, 4.69) is 15.9 Å². The van der Waals surface area contributed by atoms with Gasteiger partial charge in [-0.25, -0.2) is 4.39 Å². The Balaban J connectivity index is 2.72. The van der Waals surface area contributed by atoms with Gasteiger partial charge in [0.2, 0.25) is 0 Å². The Labute approximate surface area is 118 Å². The molecule has 1 unspecified atom stereocenters. The quantitative estimate of drug-likeness (QED) is 0.507. The fourth-order valence-corrected chi connectivity index (χ4v) is 2.70. The Bertz CT molecular complexity index is 442. The highest BCUT2D eigenvalue weighted by atomic mass is 79.9. The number of hydrogen-bond donors (Lipinski definition) is 1. The van der Waals surface area contributed by atoms with Crippen LogP contribution in [0, 0.1) is 5.82 Å². The maximum Gasteiger partial charge on any atom is 0.319 e. The van der Waals surface area contributed by atoms with Crippen LogP contribution in [0.15, 0.2) is 21.5 Å². The van der Waals surface area contributed by atoms with E-state index < -0.39 is 5.82 Å². The summed E-state index contributed by atoms with van der Waals surface area (Å²) in [4.78, 5) is 12.3. The van der Waals surface area contributed by atoms with Crippen LogP contribution < -0.4 is 5.73 Å². The summed E-state index contributed by atoms with van der Waals surface area (Å²) in [5.41, 5.74) is 5.56. The van der Waals surface area contributed by atoms with E-state index in [1.54, 1.807) is 6.92 Å². The number of esters is 1. The molecule has 1 aromatic carbocycles. The van der Waals surface area contributed by atoms with E-state index in [-0.39, 0.29) is 16.9 Å². The van der Waals surface area contributed by atoms with E-state index in [4.69, 9.17) is 10.5 Å². The predicted molar refractivity (Wildman–Crippen MR) is 75.1 cm³/mol. The third-order valence-corrected chi connectivity index (χ3v) is 4.19. The first-order chi connectivity index (χ1) is 8.45. The topological polar surface area (TPSA) is 52.3 Å². The molecule has 18 heavy (non-hydrogen) atoms. The maximum absolute atomic E-state index is 13.2. The number of nitrogen functional groups attached to an aromatic ring is 1. The Morgan fingerprint density at radius 1 is 1.61 bits per heavy atom. The molecule has 0 aliphatic carbocycles. The van der Waals surface area contributed by atoms with Crippen LogP contribution in [-0.4, -0.2) is 17.8 Å². The average molecular weight is 336 g/mol. The van der Waals surface area contributed by atoms with Crippen molar-refractivity contribution in [2.45, 2.75) is 30.4 Å². The predicted octanol–water partition coefficient (Wildman–Crippen LogP) is 3.60. The summed E-state index contributed by atoms with van der Waals surface area (Å²) in [6, 6.07) is 2.80. The van der Waals surface area contributed by atoms with Crippen molar-refractivity contribution >= 4 is 39.3 Å². The van der Waals surface area contributed by atoms with E-state index in [1.807, 2.05) is 6.92 Å². The Hall–Kier alpha value is -0.750. The first-order valence-electron chi connectivity index (χ1n) is 5.53. The molecule has 0 fully saturated rings. The lowest BCUT2D eigenvalue weighted by molar-refractivity contribution is -0.142. The fourth-order valence-electron chi connectivity index (χ4n) is 1.19. The minimum atomic E-state index is -0.479. The molecule has 1 atom stereocenters. The molecule has 1 aromatic rings. The number of carbonyl (C=O) groups is 1. The number of hydrogen-bond acceptors (Lipinski definition) is 4. The van der Waals surface area contributed by atoms with Gasteiger partial charge in [-0.15, -0.1) is 11.8 Å². The molecule has 0 aliphatic rings. The molecule has 0 aromatic heterocycles. The third kappa shape index (κ3) is 4.17. The van der Waals surface area contributed by atoms with E-state index in [9.17, 15) is 9.18 Å². The lowest BCUT2D eigenvalue weighted by Gasteiger charge is -2.12. The average Bonchev–Trinajstić information content (AvgIpc) is 2.32. The molecular formula is C12H15BrFNO2S. The minimum absolute atomic E-state index is 0.0647. The monoisotopic (exact) mass is 335 g/mol. The standard InChI is InChI=1S/C12H15BrFNO2S/c1-3-4-17-12(16)7(2)18-11-6-10(15)9(14)5-8(11)13/h5-7H,3-4,15H2,1-2H3. The van der Waals surface area contributed by atoms with Gasteiger partial charge >= 0.3 is 5.97 Å². The second-order valence-corrected chi connectivity index (χ2v) is 5.97. The number of halogens is 2. The highest BCUT2D eigenvalue weighted by Gasteiger charge is 2.18. The number of nitrogens with two attached hydrogens (primary N) is 1. The fraction of sp³-hybridized carbons (Fsp3) is 0.417. The van der Waals surface area contributed by atoms with Crippen LogP contribution in [0.5, 0.6) is 0 Å². The van der Waals surface area contributed by atoms with Gasteiger partial charge in [-0.05, 0) is 41.4 Å². The van der Waals surface area contributed by atoms with Crippen LogP contribution in [0.25, 0.3) is 0 Å². The zero-order chi connectivity index (χ0) is 13.7. The first-order valence-corrected chi connectivity index (χ1v) is 7.20. The van der Waals surface area contributed by atoms with E-state index in [0.29, 0.717) is 11.1 Å². The zero-order valence-electron chi connectivity index (χ0n) is 10.2. The Kier molecular flexibility index (Phi) is 5.95. The van der Waals surface area contributed by atoms with Crippen molar-refractivity contribution < 1.29 is 13.9 Å². The Morgan fingerprint density at radius 3 is 2.89 bits per heavy atom. The molecule has 100 valence electrons. The summed E-state index contributed by atoms with van der Waals surface area (Å²) in [7, 11) is 0. The van der Waals surface area contributed by atoms with Crippen molar-refractivity contribution in [1.29, 1.82) is 0 Å². The summed E-state index contributed by atoms with van der Waals surface area (Å²) < 4.78 is 18.8. The first kappa shape index (κ1) is 15.3. The molecule has 6 heteroatoms. The second-order valence-electron chi connectivity index (χ2n) is 3.73. The van der Waals surface area contributed by atoms with Gasteiger partial charge in [0.25, 0.3) is 0 Å². The van der Waals surface area contributed by atoms with Gasteiger partial charge < -0.3 is 10.5 Å². The van der Waals surface area contributed by atoms with Crippen molar-refractivity contribution in [3.63, 3.8) is 0 Å². The van der Waals surface area contributed by atoms with Crippen LogP contribution in [-0.2, 0) is 9.53 Å². The lowest BCUT2D eigenvalue weighted by atomic mass is 10.3. The van der Waals surface area contributed by atoms with Gasteiger partial charge in [0.1, 0.15) is 11.1 Å². The van der Waals surface area contributed by atoms with Crippen molar-refractivity contribution in [2.24, 2.45) is 0 Å². The molecule has 3 nitrogen and oxygen atoms in total. The summed E-state index contributed by atoms with van der Waals surface area (Å²) in [5.74, 6) is -0.760. The van der Waals surface area contributed by atoms with Crippen molar-refractivity contribution in [3.8, 4) is 0 Å². The van der Waals surface area contributed by atoms with Crippen molar-refractivity contribution in [1.82, 2.24) is 0 Å². The zero-order valence-corrected chi connectivity index (χ0v) is 12.6. The Morgan fingerprint density at radius 2 is 2.28 bits per heavy atom. The SMILES string of the molecule is CCCOC(=O)C(C)Sc1cc(N)c(F)cc1Br. The van der Waals surface area contributed by atoms with Gasteiger partial charge in [0.15, 0.2) is 0 Å². The smallest absolute Gasteiger partial charge is 0.319 e. The highest BCUT2D eigenvalue weighted by molar-refractivity contribution is 9.10. The van der Waals surface area contributed by atoms with Crippen LogP contribution >= 0.6 is 27.7 Å². The summed E-state index contributed by atoms with van der Waals surface area (Å²) in [6.45, 7) is 4.09. The molecule has 1 rings (SSSR count). The summed E-state index contributed by atoms with van der Waals surface area (Å²) in [5, 5.41) is -0.363. The maximum atomic E-state index is 13.2. The molecule has 0 heterocycles. The number of rotatable bonds is 5. The van der Waals surface area contributed by atoms with Gasteiger partial charge in [-0.3, -0.25) is 4.79 Å². The summed E-state index contributed by atoms with van der Waals surface area (Å²) in [6.07, 6.45) is 0.788. The second kappa shape index (κ2) is 6.99. The number of carbonyl (C=O) groups excluding carboxylic acids is 1. The highest BCUT2D eigenvalue weighted by Crippen LogP contribution is 2.33. The number of anilines is 1. The van der Waals surface area contributed by atoms with Crippen LogP contribution in [0.2, 0.25) is 0 Å². The molecule has 0 saturated carbocycles. The van der Waals surface area contributed by atoms with Gasteiger partial charge in [0.05, 0.1) is 12.3 Å². The molecule has 0 aliphatic heterocycles. The van der Waals surface area contributed by atoms with Gasteiger partial charge in [-0.2, -0.15) is 0 Å². The van der Waals surface area contributed by atoms with E-state index in [1.165, 1.54) is 23.9 Å². The number of benzene rings is 1. The van der Waals surface area contributed by atoms with Gasteiger partial charge in [0, 0.05) is 9.37 Å². The number of ether oxygens (including phenoxy) is 1. The van der Waals surface area contributed by atoms with Gasteiger partial charge in [-0.1, -0.05) is 6.92 Å². The van der Waals surface area contributed by atoms with E-state index in [0.717, 1.165) is 11.3 Å². The van der Waals surface area contributed by atoms with Crippen LogP contribution in [0.4, 0.5) is 10.1 Å². The van der Waals surface area contributed by atoms with Crippen molar-refractivity contribution in [3.05, 3.63) is 22.4 Å². The molecule has 0 radical (unpaired) electrons. The molecule has 0 saturated heterocycles. The lowest BCUT2D eigenvalue weighted by Crippen LogP contribution is -2.17. The largest absolute Gasteiger partial charge is 0.465 e. The van der Waals surface area contributed by atoms with Crippen LogP contribution in [0.1, 0.15) is 20.3 Å². The molecule has 0 spiro atoms. The third-order valence-electron chi connectivity index (χ3n) is 2.14. The normalized spacial score (nSPS) is 12.2. The minimum Gasteiger partial charge on any atom is -0.465 e. The number of thioether (sulfide) groups is 1. The molecule has 0 amide bonds.